The Morgan fingerprint density at radius 3 is 2.42 bits per heavy atom. The van der Waals surface area contributed by atoms with Crippen molar-refractivity contribution in [1.82, 2.24) is 16.0 Å². The van der Waals surface area contributed by atoms with Crippen molar-refractivity contribution in [1.29, 1.82) is 0 Å². The van der Waals surface area contributed by atoms with E-state index in [-0.39, 0.29) is 24.8 Å². The summed E-state index contributed by atoms with van der Waals surface area (Å²) in [4.78, 5) is 34.8. The van der Waals surface area contributed by atoms with Crippen LogP contribution in [0.3, 0.4) is 0 Å². The lowest BCUT2D eigenvalue weighted by Gasteiger charge is -2.08. The maximum absolute atomic E-state index is 11.7. The van der Waals surface area contributed by atoms with Crippen molar-refractivity contribution in [3.63, 3.8) is 0 Å². The van der Waals surface area contributed by atoms with Gasteiger partial charge in [-0.25, -0.2) is 0 Å². The number of rotatable bonds is 7. The van der Waals surface area contributed by atoms with Crippen LogP contribution in [0.1, 0.15) is 16.1 Å². The summed E-state index contributed by atoms with van der Waals surface area (Å²) in [5.74, 6) is -1.21. The highest BCUT2D eigenvalue weighted by molar-refractivity contribution is 6.30. The van der Waals surface area contributed by atoms with Crippen molar-refractivity contribution in [2.24, 2.45) is 0 Å². The fraction of sp³-hybridized carbons (Fsp3) is 0.188. The Bertz CT molecular complexity index is 716. The van der Waals surface area contributed by atoms with Crippen molar-refractivity contribution in [3.8, 4) is 0 Å². The molecule has 0 bridgehead atoms. The van der Waals surface area contributed by atoms with E-state index in [9.17, 15) is 14.4 Å². The number of amides is 3. The van der Waals surface area contributed by atoms with Gasteiger partial charge in [0.1, 0.15) is 0 Å². The van der Waals surface area contributed by atoms with Gasteiger partial charge in [-0.3, -0.25) is 14.4 Å². The number of hydrogen-bond acceptors (Lipinski definition) is 4. The van der Waals surface area contributed by atoms with Gasteiger partial charge in [-0.15, -0.1) is 0 Å². The Hall–Kier alpha value is -2.80. The number of carbonyl (C=O) groups is 3. The van der Waals surface area contributed by atoms with E-state index in [2.05, 4.69) is 16.0 Å². The third-order valence-corrected chi connectivity index (χ3v) is 3.21. The minimum Gasteiger partial charge on any atom is -0.459 e. The fourth-order valence-corrected chi connectivity index (χ4v) is 2.02. The van der Waals surface area contributed by atoms with Gasteiger partial charge < -0.3 is 20.4 Å². The molecule has 2 rings (SSSR count). The van der Waals surface area contributed by atoms with E-state index in [4.69, 9.17) is 16.0 Å². The molecular formula is C16H16ClN3O4. The van der Waals surface area contributed by atoms with Gasteiger partial charge in [0, 0.05) is 11.6 Å². The highest BCUT2D eigenvalue weighted by Crippen LogP contribution is 2.10. The summed E-state index contributed by atoms with van der Waals surface area (Å²) < 4.78 is 4.89. The van der Waals surface area contributed by atoms with Crippen LogP contribution >= 0.6 is 11.6 Å². The molecule has 0 fully saturated rings. The molecule has 0 radical (unpaired) electrons. The predicted octanol–water partition coefficient (Wildman–Crippen LogP) is 1.10. The number of carbonyl (C=O) groups excluding carboxylic acids is 3. The smallest absolute Gasteiger partial charge is 0.287 e. The van der Waals surface area contributed by atoms with E-state index in [0.717, 1.165) is 5.56 Å². The SMILES string of the molecule is O=C(CNC(=O)CNC(=O)c1ccco1)NCc1cccc(Cl)c1. The summed E-state index contributed by atoms with van der Waals surface area (Å²) in [5, 5.41) is 8.03. The molecule has 1 aromatic carbocycles. The summed E-state index contributed by atoms with van der Waals surface area (Å²) in [7, 11) is 0. The standard InChI is InChI=1S/C16H16ClN3O4/c17-12-4-1-3-11(7-12)8-18-14(21)9-19-15(22)10-20-16(23)13-5-2-6-24-13/h1-7H,8-10H2,(H,18,21)(H,19,22)(H,20,23). The average molecular weight is 350 g/mol. The van der Waals surface area contributed by atoms with Gasteiger partial charge in [-0.2, -0.15) is 0 Å². The maximum atomic E-state index is 11.7. The molecule has 0 aliphatic heterocycles. The van der Waals surface area contributed by atoms with E-state index < -0.39 is 11.8 Å². The van der Waals surface area contributed by atoms with Gasteiger partial charge in [0.05, 0.1) is 19.4 Å². The average Bonchev–Trinajstić information content (AvgIpc) is 3.10. The van der Waals surface area contributed by atoms with Gasteiger partial charge in [-0.05, 0) is 29.8 Å². The highest BCUT2D eigenvalue weighted by atomic mass is 35.5. The van der Waals surface area contributed by atoms with Crippen molar-refractivity contribution < 1.29 is 18.8 Å². The minimum absolute atomic E-state index is 0.113. The van der Waals surface area contributed by atoms with Crippen LogP contribution in [0.4, 0.5) is 0 Å². The first-order chi connectivity index (χ1) is 11.5. The molecule has 1 heterocycles. The van der Waals surface area contributed by atoms with Crippen LogP contribution in [0.25, 0.3) is 0 Å². The third-order valence-electron chi connectivity index (χ3n) is 2.98. The number of halogens is 1. The molecular weight excluding hydrogens is 334 g/mol. The summed E-state index contributed by atoms with van der Waals surface area (Å²) in [6.07, 6.45) is 1.36. The number of furan rings is 1. The molecule has 0 unspecified atom stereocenters. The summed E-state index contributed by atoms with van der Waals surface area (Å²) in [6, 6.07) is 10.1. The first-order valence-electron chi connectivity index (χ1n) is 7.14. The van der Waals surface area contributed by atoms with Gasteiger partial charge >= 0.3 is 0 Å². The Morgan fingerprint density at radius 2 is 1.71 bits per heavy atom. The van der Waals surface area contributed by atoms with Crippen LogP contribution in [0.15, 0.2) is 47.1 Å². The Morgan fingerprint density at radius 1 is 0.958 bits per heavy atom. The second-order valence-corrected chi connectivity index (χ2v) is 5.28. The molecule has 0 spiro atoms. The zero-order valence-corrected chi connectivity index (χ0v) is 13.4. The molecule has 0 saturated heterocycles. The fourth-order valence-electron chi connectivity index (χ4n) is 1.81. The van der Waals surface area contributed by atoms with E-state index >= 15 is 0 Å². The van der Waals surface area contributed by atoms with Gasteiger partial charge in [0.2, 0.25) is 11.8 Å². The largest absolute Gasteiger partial charge is 0.459 e. The Kier molecular flexibility index (Phi) is 6.39. The van der Waals surface area contributed by atoms with Crippen molar-refractivity contribution in [3.05, 3.63) is 59.0 Å². The molecule has 1 aromatic heterocycles. The molecule has 8 heteroatoms. The second-order valence-electron chi connectivity index (χ2n) is 4.84. The summed E-state index contributed by atoms with van der Waals surface area (Å²) >= 11 is 5.85. The lowest BCUT2D eigenvalue weighted by atomic mass is 10.2. The predicted molar refractivity (Wildman–Crippen MR) is 87.3 cm³/mol. The maximum Gasteiger partial charge on any atom is 0.287 e. The van der Waals surface area contributed by atoms with Crippen molar-refractivity contribution in [2.45, 2.75) is 6.54 Å². The van der Waals surface area contributed by atoms with Crippen molar-refractivity contribution in [2.75, 3.05) is 13.1 Å². The first-order valence-corrected chi connectivity index (χ1v) is 7.52. The summed E-state index contributed by atoms with van der Waals surface area (Å²) in [6.45, 7) is -0.123. The molecule has 7 nitrogen and oxygen atoms in total. The lowest BCUT2D eigenvalue weighted by molar-refractivity contribution is -0.125. The van der Waals surface area contributed by atoms with Crippen LogP contribution in [0, 0.1) is 0 Å². The van der Waals surface area contributed by atoms with Gasteiger partial charge in [0.25, 0.3) is 5.91 Å². The van der Waals surface area contributed by atoms with Crippen LogP contribution in [0.5, 0.6) is 0 Å². The zero-order valence-electron chi connectivity index (χ0n) is 12.7. The molecule has 24 heavy (non-hydrogen) atoms. The normalized spacial score (nSPS) is 10.0. The number of benzene rings is 1. The van der Waals surface area contributed by atoms with E-state index in [1.807, 2.05) is 6.07 Å². The first kappa shape index (κ1) is 17.6. The van der Waals surface area contributed by atoms with Gasteiger partial charge in [0.15, 0.2) is 5.76 Å². The van der Waals surface area contributed by atoms with Gasteiger partial charge in [-0.1, -0.05) is 23.7 Å². The molecule has 3 amide bonds. The number of hydrogen-bond donors (Lipinski definition) is 3. The molecule has 0 aliphatic rings. The quantitative estimate of drug-likeness (QED) is 0.696. The minimum atomic E-state index is -0.499. The molecule has 126 valence electrons. The molecule has 0 atom stereocenters. The molecule has 0 saturated carbocycles. The van der Waals surface area contributed by atoms with E-state index in [0.29, 0.717) is 11.6 Å². The van der Waals surface area contributed by atoms with Crippen molar-refractivity contribution >= 4 is 29.3 Å². The highest BCUT2D eigenvalue weighted by Gasteiger charge is 2.11. The van der Waals surface area contributed by atoms with Crippen LogP contribution < -0.4 is 16.0 Å². The molecule has 0 aliphatic carbocycles. The van der Waals surface area contributed by atoms with E-state index in [1.54, 1.807) is 24.3 Å². The Balaban J connectivity index is 1.64. The van der Waals surface area contributed by atoms with E-state index in [1.165, 1.54) is 12.3 Å². The third kappa shape index (κ3) is 5.77. The van der Waals surface area contributed by atoms with Crippen LogP contribution in [0.2, 0.25) is 5.02 Å². The monoisotopic (exact) mass is 349 g/mol. The number of nitrogens with one attached hydrogen (secondary N) is 3. The van der Waals surface area contributed by atoms with Crippen LogP contribution in [-0.2, 0) is 16.1 Å². The Labute approximate surface area is 143 Å². The molecule has 2 aromatic rings. The molecule has 3 N–H and O–H groups in total. The van der Waals surface area contributed by atoms with Crippen LogP contribution in [-0.4, -0.2) is 30.8 Å². The lowest BCUT2D eigenvalue weighted by Crippen LogP contribution is -2.41. The topological polar surface area (TPSA) is 100 Å². The summed E-state index contributed by atoms with van der Waals surface area (Å²) in [5.41, 5.74) is 0.855. The zero-order chi connectivity index (χ0) is 17.4. The second kappa shape index (κ2) is 8.73.